The molecule has 2 aromatic rings. The number of benzene rings is 1. The third kappa shape index (κ3) is 2.80. The number of ether oxygens (including phenoxy) is 1. The van der Waals surface area contributed by atoms with E-state index >= 15 is 0 Å². The number of nitrogen functional groups attached to an aromatic ring is 1. The number of anilines is 1. The second-order valence-electron chi connectivity index (χ2n) is 5.37. The van der Waals surface area contributed by atoms with Crippen LogP contribution in [0.15, 0.2) is 24.4 Å². The van der Waals surface area contributed by atoms with Crippen molar-refractivity contribution < 1.29 is 9.53 Å². The quantitative estimate of drug-likeness (QED) is 0.895. The fourth-order valence-electron chi connectivity index (χ4n) is 2.81. The lowest BCUT2D eigenvalue weighted by molar-refractivity contribution is 0.238. The van der Waals surface area contributed by atoms with E-state index in [1.54, 1.807) is 6.20 Å². The summed E-state index contributed by atoms with van der Waals surface area (Å²) in [7, 11) is 0. The Morgan fingerprint density at radius 3 is 2.76 bits per heavy atom. The first-order chi connectivity index (χ1) is 10.1. The third-order valence-corrected chi connectivity index (χ3v) is 3.92. The van der Waals surface area contributed by atoms with E-state index in [1.165, 1.54) is 17.4 Å². The lowest BCUT2D eigenvalue weighted by Crippen LogP contribution is -2.25. The number of nitrogens with two attached hydrogens (primary N) is 2. The van der Waals surface area contributed by atoms with Gasteiger partial charge in [-0.3, -0.25) is 9.47 Å². The summed E-state index contributed by atoms with van der Waals surface area (Å²) in [4.78, 5) is 13.7. The highest BCUT2D eigenvalue weighted by Gasteiger charge is 2.12. The van der Waals surface area contributed by atoms with E-state index in [0.29, 0.717) is 17.8 Å². The first-order valence-corrected chi connectivity index (χ1v) is 7.21. The Kier molecular flexibility index (Phi) is 3.70. The molecule has 0 radical (unpaired) electrons. The molecule has 1 saturated heterocycles. The number of carbonyl (C=O) groups excluding carboxylic acids is 1. The number of hydrogen-bond donors (Lipinski definition) is 2. The van der Waals surface area contributed by atoms with Gasteiger partial charge < -0.3 is 16.2 Å². The second-order valence-corrected chi connectivity index (χ2v) is 5.37. The first kappa shape index (κ1) is 13.8. The first-order valence-electron chi connectivity index (χ1n) is 7.21. The van der Waals surface area contributed by atoms with Crippen molar-refractivity contribution in [1.29, 1.82) is 0 Å². The number of nitrogens with zero attached hydrogens (tertiary/aromatic N) is 2. The molecule has 3 rings (SSSR count). The summed E-state index contributed by atoms with van der Waals surface area (Å²) in [6, 6.07) is 4.96. The number of hydrogen-bond acceptors (Lipinski definition) is 4. The Labute approximate surface area is 123 Å². The molecule has 0 bridgehead atoms. The number of amides is 1. The van der Waals surface area contributed by atoms with Crippen molar-refractivity contribution in [2.45, 2.75) is 12.8 Å². The summed E-state index contributed by atoms with van der Waals surface area (Å²) < 4.78 is 7.12. The maximum absolute atomic E-state index is 11.3. The van der Waals surface area contributed by atoms with Crippen LogP contribution in [0.2, 0.25) is 0 Å². The maximum Gasteiger partial charge on any atom is 0.323 e. The van der Waals surface area contributed by atoms with E-state index in [0.717, 1.165) is 30.8 Å². The van der Waals surface area contributed by atoms with E-state index < -0.39 is 6.03 Å². The van der Waals surface area contributed by atoms with E-state index in [2.05, 4.69) is 4.90 Å². The van der Waals surface area contributed by atoms with Crippen molar-refractivity contribution >= 4 is 22.6 Å². The maximum atomic E-state index is 11.3. The lowest BCUT2D eigenvalue weighted by atomic mass is 10.2. The molecule has 1 aliphatic rings. The number of fused-ring (bicyclic) bond motifs is 1. The van der Waals surface area contributed by atoms with Gasteiger partial charge in [-0.05, 0) is 44.1 Å². The minimum absolute atomic E-state index is 0.522. The van der Waals surface area contributed by atoms with Crippen molar-refractivity contribution in [3.05, 3.63) is 24.4 Å². The van der Waals surface area contributed by atoms with E-state index in [-0.39, 0.29) is 0 Å². The zero-order valence-corrected chi connectivity index (χ0v) is 11.9. The predicted molar refractivity (Wildman–Crippen MR) is 82.5 cm³/mol. The molecule has 21 heavy (non-hydrogen) atoms. The molecule has 0 spiro atoms. The van der Waals surface area contributed by atoms with Gasteiger partial charge in [0.15, 0.2) is 0 Å². The third-order valence-electron chi connectivity index (χ3n) is 3.92. The van der Waals surface area contributed by atoms with Crippen LogP contribution >= 0.6 is 0 Å². The minimum Gasteiger partial charge on any atom is -0.492 e. The number of carbonyl (C=O) groups is 1. The zero-order valence-electron chi connectivity index (χ0n) is 11.9. The van der Waals surface area contributed by atoms with Gasteiger partial charge in [-0.2, -0.15) is 0 Å². The Morgan fingerprint density at radius 1 is 1.29 bits per heavy atom. The van der Waals surface area contributed by atoms with Crippen LogP contribution in [0, 0.1) is 0 Å². The minimum atomic E-state index is -0.542. The monoisotopic (exact) mass is 288 g/mol. The highest BCUT2D eigenvalue weighted by atomic mass is 16.5. The van der Waals surface area contributed by atoms with E-state index in [9.17, 15) is 4.79 Å². The molecule has 1 aromatic carbocycles. The number of aromatic nitrogens is 1. The Morgan fingerprint density at radius 2 is 2.05 bits per heavy atom. The van der Waals surface area contributed by atoms with Gasteiger partial charge in [-0.25, -0.2) is 4.79 Å². The molecule has 1 fully saturated rings. The second kappa shape index (κ2) is 5.65. The molecular weight excluding hydrogens is 268 g/mol. The Balaban J connectivity index is 1.71. The summed E-state index contributed by atoms with van der Waals surface area (Å²) in [5.41, 5.74) is 12.5. The molecular formula is C15H20N4O2. The topological polar surface area (TPSA) is 86.5 Å². The van der Waals surface area contributed by atoms with Crippen molar-refractivity contribution in [2.75, 3.05) is 32.0 Å². The van der Waals surface area contributed by atoms with Gasteiger partial charge in [0, 0.05) is 18.1 Å². The number of likely N-dealkylation sites (tertiary alicyclic amines) is 1. The molecule has 112 valence electrons. The molecule has 2 heterocycles. The van der Waals surface area contributed by atoms with Gasteiger partial charge in [0.05, 0.1) is 11.2 Å². The molecule has 0 aliphatic carbocycles. The molecule has 6 nitrogen and oxygen atoms in total. The number of primary amides is 1. The van der Waals surface area contributed by atoms with E-state index in [1.807, 2.05) is 18.2 Å². The molecule has 1 amide bonds. The summed E-state index contributed by atoms with van der Waals surface area (Å²) in [5, 5.41) is 0.785. The fourth-order valence-corrected chi connectivity index (χ4v) is 2.81. The molecule has 4 N–H and O–H groups in total. The molecule has 0 atom stereocenters. The van der Waals surface area contributed by atoms with Crippen LogP contribution in [0.5, 0.6) is 5.75 Å². The van der Waals surface area contributed by atoms with Crippen molar-refractivity contribution in [3.8, 4) is 5.75 Å². The highest BCUT2D eigenvalue weighted by molar-refractivity contribution is 5.99. The van der Waals surface area contributed by atoms with Crippen molar-refractivity contribution in [3.63, 3.8) is 0 Å². The van der Waals surface area contributed by atoms with Gasteiger partial charge >= 0.3 is 6.03 Å². The lowest BCUT2D eigenvalue weighted by Gasteiger charge is -2.15. The predicted octanol–water partition coefficient (Wildman–Crippen LogP) is 1.62. The normalized spacial score (nSPS) is 15.6. The van der Waals surface area contributed by atoms with Gasteiger partial charge in [0.25, 0.3) is 0 Å². The van der Waals surface area contributed by atoms with Crippen LogP contribution in [0.1, 0.15) is 12.8 Å². The average Bonchev–Trinajstić information content (AvgIpc) is 3.08. The molecule has 1 aromatic heterocycles. The van der Waals surface area contributed by atoms with Crippen LogP contribution < -0.4 is 16.2 Å². The van der Waals surface area contributed by atoms with Gasteiger partial charge in [0.2, 0.25) is 0 Å². The fraction of sp³-hybridized carbons (Fsp3) is 0.400. The summed E-state index contributed by atoms with van der Waals surface area (Å²) in [6.45, 7) is 3.92. The molecule has 6 heteroatoms. The number of rotatable bonds is 4. The smallest absolute Gasteiger partial charge is 0.323 e. The molecule has 0 unspecified atom stereocenters. The molecule has 0 saturated carbocycles. The van der Waals surface area contributed by atoms with Crippen LogP contribution in [-0.2, 0) is 0 Å². The van der Waals surface area contributed by atoms with Crippen molar-refractivity contribution in [2.24, 2.45) is 5.73 Å². The SMILES string of the molecule is NC(=O)n1cc(N)c2cc(OCCN3CCCC3)ccc21. The van der Waals surface area contributed by atoms with Gasteiger partial charge in [-0.1, -0.05) is 0 Å². The average molecular weight is 288 g/mol. The summed E-state index contributed by atoms with van der Waals surface area (Å²) in [6.07, 6.45) is 4.10. The van der Waals surface area contributed by atoms with Gasteiger partial charge in [-0.15, -0.1) is 0 Å². The van der Waals surface area contributed by atoms with Gasteiger partial charge in [0.1, 0.15) is 12.4 Å². The van der Waals surface area contributed by atoms with Crippen LogP contribution in [0.25, 0.3) is 10.9 Å². The standard InChI is InChI=1S/C15H20N4O2/c16-13-10-19(15(17)20)14-4-3-11(9-12(13)14)21-8-7-18-5-1-2-6-18/h3-4,9-10H,1-2,5-8,16H2,(H2,17,20). The largest absolute Gasteiger partial charge is 0.492 e. The summed E-state index contributed by atoms with van der Waals surface area (Å²) >= 11 is 0. The van der Waals surface area contributed by atoms with Crippen molar-refractivity contribution in [1.82, 2.24) is 9.47 Å². The van der Waals surface area contributed by atoms with Crippen LogP contribution in [-0.4, -0.2) is 41.7 Å². The van der Waals surface area contributed by atoms with Crippen LogP contribution in [0.4, 0.5) is 10.5 Å². The Hall–Kier alpha value is -2.21. The highest BCUT2D eigenvalue weighted by Crippen LogP contribution is 2.27. The zero-order chi connectivity index (χ0) is 14.8. The Bertz CT molecular complexity index is 659. The molecule has 1 aliphatic heterocycles. The van der Waals surface area contributed by atoms with Crippen LogP contribution in [0.3, 0.4) is 0 Å². The summed E-state index contributed by atoms with van der Waals surface area (Å²) in [5.74, 6) is 0.760. The van der Waals surface area contributed by atoms with E-state index in [4.69, 9.17) is 16.2 Å².